The molecule has 118 valence electrons. The number of benzene rings is 2. The number of Topliss-reactive ketones (excluding diaryl/α,β-unsaturated/α-hetero) is 1. The highest BCUT2D eigenvalue weighted by Crippen LogP contribution is 2.45. The molecule has 0 bridgehead atoms. The van der Waals surface area contributed by atoms with Crippen molar-refractivity contribution in [3.8, 4) is 0 Å². The minimum atomic E-state index is -0.579. The van der Waals surface area contributed by atoms with Gasteiger partial charge in [-0.15, -0.1) is 0 Å². The molecule has 1 heterocycles. The number of fused-ring (bicyclic) bond motifs is 1. The molecular weight excluding hydrogens is 288 g/mol. The summed E-state index contributed by atoms with van der Waals surface area (Å²) in [7, 11) is 1.80. The Balaban J connectivity index is 2.32. The van der Waals surface area contributed by atoms with Crippen molar-refractivity contribution in [2.75, 3.05) is 12.4 Å². The lowest BCUT2D eigenvalue weighted by Gasteiger charge is -2.46. The molecular formula is C19H20N2O2. The number of amides is 2. The lowest BCUT2D eigenvalue weighted by atomic mass is 9.76. The Morgan fingerprint density at radius 2 is 1.87 bits per heavy atom. The zero-order valence-corrected chi connectivity index (χ0v) is 13.6. The Kier molecular flexibility index (Phi) is 3.68. The fourth-order valence-corrected chi connectivity index (χ4v) is 3.46. The highest BCUT2D eigenvalue weighted by Gasteiger charge is 2.44. The average Bonchev–Trinajstić information content (AvgIpc) is 2.57. The quantitative estimate of drug-likeness (QED) is 0.871. The number of nitrogens with zero attached hydrogens (tertiary/aromatic N) is 1. The molecule has 4 heteroatoms. The third-order valence-corrected chi connectivity index (χ3v) is 4.75. The summed E-state index contributed by atoms with van der Waals surface area (Å²) in [5.41, 5.74) is 2.85. The molecule has 0 saturated heterocycles. The minimum Gasteiger partial charge on any atom is -0.314 e. The van der Waals surface area contributed by atoms with Crippen LogP contribution >= 0.6 is 0 Å². The molecule has 2 amide bonds. The van der Waals surface area contributed by atoms with Gasteiger partial charge in [0.15, 0.2) is 5.78 Å². The van der Waals surface area contributed by atoms with Crippen LogP contribution in [0, 0.1) is 0 Å². The highest BCUT2D eigenvalue weighted by atomic mass is 16.2. The van der Waals surface area contributed by atoms with E-state index < -0.39 is 5.54 Å². The van der Waals surface area contributed by atoms with Crippen LogP contribution in [-0.4, -0.2) is 23.8 Å². The Hall–Kier alpha value is -2.62. The van der Waals surface area contributed by atoms with Crippen LogP contribution < -0.4 is 5.32 Å². The summed E-state index contributed by atoms with van der Waals surface area (Å²) < 4.78 is 0. The maximum Gasteiger partial charge on any atom is 0.322 e. The molecule has 4 nitrogen and oxygen atoms in total. The minimum absolute atomic E-state index is 0.0189. The van der Waals surface area contributed by atoms with Gasteiger partial charge in [0.2, 0.25) is 0 Å². The van der Waals surface area contributed by atoms with E-state index in [0.717, 1.165) is 23.2 Å². The van der Waals surface area contributed by atoms with Crippen LogP contribution in [0.25, 0.3) is 0 Å². The van der Waals surface area contributed by atoms with Crippen LogP contribution in [0.5, 0.6) is 0 Å². The van der Waals surface area contributed by atoms with Gasteiger partial charge in [0.1, 0.15) is 0 Å². The first-order chi connectivity index (χ1) is 11.0. The van der Waals surface area contributed by atoms with Gasteiger partial charge >= 0.3 is 6.03 Å². The molecule has 3 rings (SSSR count). The molecule has 2 aromatic carbocycles. The van der Waals surface area contributed by atoms with Crippen LogP contribution in [0.4, 0.5) is 10.5 Å². The molecule has 2 aromatic rings. The van der Waals surface area contributed by atoms with Crippen molar-refractivity contribution in [3.63, 3.8) is 0 Å². The van der Waals surface area contributed by atoms with Gasteiger partial charge in [-0.3, -0.25) is 4.79 Å². The van der Waals surface area contributed by atoms with E-state index >= 15 is 0 Å². The summed E-state index contributed by atoms with van der Waals surface area (Å²) in [6, 6.07) is 15.3. The van der Waals surface area contributed by atoms with Crippen LogP contribution in [0.1, 0.15) is 41.8 Å². The third kappa shape index (κ3) is 2.22. The largest absolute Gasteiger partial charge is 0.322 e. The van der Waals surface area contributed by atoms with E-state index in [-0.39, 0.29) is 11.8 Å². The average molecular weight is 308 g/mol. The van der Waals surface area contributed by atoms with E-state index in [1.165, 1.54) is 0 Å². The topological polar surface area (TPSA) is 49.4 Å². The van der Waals surface area contributed by atoms with Gasteiger partial charge < -0.3 is 10.2 Å². The number of anilines is 1. The smallest absolute Gasteiger partial charge is 0.314 e. The second kappa shape index (κ2) is 5.54. The Bertz CT molecular complexity index is 770. The van der Waals surface area contributed by atoms with Gasteiger partial charge in [0.05, 0.1) is 5.54 Å². The zero-order chi connectivity index (χ0) is 16.6. The Morgan fingerprint density at radius 3 is 2.48 bits per heavy atom. The number of ketones is 1. The van der Waals surface area contributed by atoms with Crippen LogP contribution in [0.15, 0.2) is 48.5 Å². The predicted octanol–water partition coefficient (Wildman–Crippen LogP) is 4.02. The number of hydrogen-bond donors (Lipinski definition) is 1. The summed E-state index contributed by atoms with van der Waals surface area (Å²) in [6.45, 7) is 3.62. The van der Waals surface area contributed by atoms with Gasteiger partial charge in [-0.25, -0.2) is 4.79 Å². The molecule has 1 atom stereocenters. The molecule has 1 unspecified atom stereocenters. The fraction of sp³-hybridized carbons (Fsp3) is 0.263. The number of carbonyl (C=O) groups is 2. The fourth-order valence-electron chi connectivity index (χ4n) is 3.46. The molecule has 1 N–H and O–H groups in total. The maximum absolute atomic E-state index is 12.5. The molecule has 1 aliphatic rings. The van der Waals surface area contributed by atoms with Crippen LogP contribution in [-0.2, 0) is 5.54 Å². The van der Waals surface area contributed by atoms with Crippen molar-refractivity contribution in [2.45, 2.75) is 25.8 Å². The summed E-state index contributed by atoms with van der Waals surface area (Å²) in [5, 5.41) is 2.91. The SMILES string of the molecule is CCC1(c2ccccc2)c2cc(C(C)=O)ccc2NC(=O)N1C. The first kappa shape index (κ1) is 15.3. The second-order valence-electron chi connectivity index (χ2n) is 5.89. The number of nitrogens with one attached hydrogen (secondary N) is 1. The second-order valence-corrected chi connectivity index (χ2v) is 5.89. The standard InChI is InChI=1S/C19H20N2O2/c1-4-19(15-8-6-5-7-9-15)16-12-14(13(2)22)10-11-17(16)20-18(23)21(19)3/h5-12H,4H2,1-3H3,(H,20,23). The first-order valence-electron chi connectivity index (χ1n) is 7.76. The van der Waals surface area contributed by atoms with Crippen molar-refractivity contribution >= 4 is 17.5 Å². The summed E-state index contributed by atoms with van der Waals surface area (Å²) in [4.78, 5) is 26.0. The third-order valence-electron chi connectivity index (χ3n) is 4.75. The lowest BCUT2D eigenvalue weighted by Crippen LogP contribution is -2.53. The Morgan fingerprint density at radius 1 is 1.17 bits per heavy atom. The van der Waals surface area contributed by atoms with E-state index in [2.05, 4.69) is 12.2 Å². The molecule has 1 aliphatic heterocycles. The maximum atomic E-state index is 12.5. The lowest BCUT2D eigenvalue weighted by molar-refractivity contribution is 0.101. The Labute approximate surface area is 136 Å². The molecule has 0 aromatic heterocycles. The first-order valence-corrected chi connectivity index (χ1v) is 7.76. The number of hydrogen-bond acceptors (Lipinski definition) is 2. The van der Waals surface area contributed by atoms with Crippen LogP contribution in [0.2, 0.25) is 0 Å². The van der Waals surface area contributed by atoms with Crippen molar-refractivity contribution in [3.05, 3.63) is 65.2 Å². The number of rotatable bonds is 3. The van der Waals surface area contributed by atoms with E-state index in [0.29, 0.717) is 5.56 Å². The molecule has 0 aliphatic carbocycles. The van der Waals surface area contributed by atoms with Crippen molar-refractivity contribution in [2.24, 2.45) is 0 Å². The van der Waals surface area contributed by atoms with E-state index in [9.17, 15) is 9.59 Å². The van der Waals surface area contributed by atoms with Gasteiger partial charge in [-0.2, -0.15) is 0 Å². The van der Waals surface area contributed by atoms with E-state index in [1.807, 2.05) is 42.5 Å². The summed E-state index contributed by atoms with van der Waals surface area (Å²) in [5.74, 6) is 0.0189. The van der Waals surface area contributed by atoms with Crippen molar-refractivity contribution < 1.29 is 9.59 Å². The van der Waals surface area contributed by atoms with Gasteiger partial charge in [0.25, 0.3) is 0 Å². The monoisotopic (exact) mass is 308 g/mol. The molecule has 0 radical (unpaired) electrons. The zero-order valence-electron chi connectivity index (χ0n) is 13.6. The molecule has 0 spiro atoms. The number of carbonyl (C=O) groups excluding carboxylic acids is 2. The van der Waals surface area contributed by atoms with Gasteiger partial charge in [-0.05, 0) is 37.1 Å². The van der Waals surface area contributed by atoms with Gasteiger partial charge in [-0.1, -0.05) is 37.3 Å². The normalized spacial score (nSPS) is 20.0. The van der Waals surface area contributed by atoms with E-state index in [4.69, 9.17) is 0 Å². The van der Waals surface area contributed by atoms with Crippen molar-refractivity contribution in [1.82, 2.24) is 4.90 Å². The molecule has 0 fully saturated rings. The molecule has 0 saturated carbocycles. The predicted molar refractivity (Wildman–Crippen MR) is 90.7 cm³/mol. The van der Waals surface area contributed by atoms with Crippen LogP contribution in [0.3, 0.4) is 0 Å². The molecule has 23 heavy (non-hydrogen) atoms. The highest BCUT2D eigenvalue weighted by molar-refractivity contribution is 5.98. The summed E-state index contributed by atoms with van der Waals surface area (Å²) >= 11 is 0. The van der Waals surface area contributed by atoms with E-state index in [1.54, 1.807) is 24.9 Å². The van der Waals surface area contributed by atoms with Crippen molar-refractivity contribution in [1.29, 1.82) is 0 Å². The van der Waals surface area contributed by atoms with Gasteiger partial charge in [0, 0.05) is 23.9 Å². The summed E-state index contributed by atoms with van der Waals surface area (Å²) in [6.07, 6.45) is 0.718. The number of urea groups is 1.